The number of aryl methyl sites for hydroxylation is 1. The quantitative estimate of drug-likeness (QED) is 0.520. The minimum Gasteiger partial charge on any atom is -0.322 e. The molecular formula is C22H17N3OS. The van der Waals surface area contributed by atoms with Gasteiger partial charge in [0.05, 0.1) is 11.3 Å². The second-order valence-electron chi connectivity index (χ2n) is 6.06. The monoisotopic (exact) mass is 371 g/mol. The summed E-state index contributed by atoms with van der Waals surface area (Å²) in [6.07, 6.45) is 3.19. The zero-order chi connectivity index (χ0) is 18.6. The van der Waals surface area contributed by atoms with E-state index >= 15 is 0 Å². The molecule has 0 saturated carbocycles. The predicted molar refractivity (Wildman–Crippen MR) is 110 cm³/mol. The van der Waals surface area contributed by atoms with Crippen molar-refractivity contribution in [1.82, 2.24) is 9.97 Å². The highest BCUT2D eigenvalue weighted by molar-refractivity contribution is 7.15. The maximum Gasteiger partial charge on any atom is 0.257 e. The number of anilines is 1. The van der Waals surface area contributed by atoms with Gasteiger partial charge in [-0.05, 0) is 31.2 Å². The van der Waals surface area contributed by atoms with Crippen LogP contribution in [0.5, 0.6) is 0 Å². The van der Waals surface area contributed by atoms with E-state index < -0.39 is 0 Å². The van der Waals surface area contributed by atoms with Crippen LogP contribution in [0.25, 0.3) is 21.8 Å². The highest BCUT2D eigenvalue weighted by Gasteiger charge is 2.12. The fraction of sp³-hybridized carbons (Fsp3) is 0.0455. The molecule has 4 rings (SSSR count). The average Bonchev–Trinajstić information content (AvgIpc) is 3.11. The average molecular weight is 371 g/mol. The lowest BCUT2D eigenvalue weighted by atomic mass is 10.1. The fourth-order valence-electron chi connectivity index (χ4n) is 2.78. The molecule has 2 aromatic heterocycles. The molecule has 0 aliphatic carbocycles. The van der Waals surface area contributed by atoms with Crippen molar-refractivity contribution in [3.05, 3.63) is 89.6 Å². The largest absolute Gasteiger partial charge is 0.322 e. The normalized spacial score (nSPS) is 10.6. The summed E-state index contributed by atoms with van der Waals surface area (Å²) in [6.45, 7) is 2.08. The van der Waals surface area contributed by atoms with Gasteiger partial charge in [0.2, 0.25) is 0 Å². The molecule has 0 unspecified atom stereocenters. The van der Waals surface area contributed by atoms with Crippen LogP contribution < -0.4 is 5.32 Å². The third kappa shape index (κ3) is 3.78. The molecule has 4 aromatic rings. The zero-order valence-corrected chi connectivity index (χ0v) is 15.5. The number of nitrogens with one attached hydrogen (secondary N) is 1. The van der Waals surface area contributed by atoms with E-state index in [9.17, 15) is 4.79 Å². The molecule has 1 N–H and O–H groups in total. The molecule has 0 aliphatic heterocycles. The van der Waals surface area contributed by atoms with Gasteiger partial charge in [-0.1, -0.05) is 42.5 Å². The summed E-state index contributed by atoms with van der Waals surface area (Å²) < 4.78 is 0. The minimum atomic E-state index is -0.174. The third-order valence-corrected chi connectivity index (χ3v) is 5.18. The van der Waals surface area contributed by atoms with Crippen molar-refractivity contribution in [2.45, 2.75) is 6.92 Å². The number of aromatic nitrogens is 2. The van der Waals surface area contributed by atoms with Gasteiger partial charge in [0.1, 0.15) is 5.01 Å². The minimum absolute atomic E-state index is 0.174. The first-order chi connectivity index (χ1) is 13.2. The van der Waals surface area contributed by atoms with Crippen molar-refractivity contribution in [1.29, 1.82) is 0 Å². The molecule has 2 heterocycles. The second-order valence-corrected chi connectivity index (χ2v) is 7.27. The lowest BCUT2D eigenvalue weighted by Gasteiger charge is -2.06. The van der Waals surface area contributed by atoms with Gasteiger partial charge in [-0.15, -0.1) is 11.3 Å². The van der Waals surface area contributed by atoms with E-state index in [4.69, 9.17) is 4.98 Å². The molecule has 2 aromatic carbocycles. The van der Waals surface area contributed by atoms with Gasteiger partial charge in [0.25, 0.3) is 5.91 Å². The number of nitrogens with zero attached hydrogens (tertiary/aromatic N) is 2. The summed E-state index contributed by atoms with van der Waals surface area (Å²) in [7, 11) is 0. The van der Waals surface area contributed by atoms with E-state index in [1.54, 1.807) is 35.9 Å². The first-order valence-electron chi connectivity index (χ1n) is 8.55. The number of pyridine rings is 1. The van der Waals surface area contributed by atoms with Crippen LogP contribution in [0.1, 0.15) is 15.2 Å². The van der Waals surface area contributed by atoms with Crippen LogP contribution in [0.2, 0.25) is 0 Å². The molecule has 0 aliphatic rings. The molecule has 0 saturated heterocycles. The maximum absolute atomic E-state index is 12.2. The van der Waals surface area contributed by atoms with Gasteiger partial charge in [0, 0.05) is 34.1 Å². The smallest absolute Gasteiger partial charge is 0.257 e. The molecule has 132 valence electrons. The Bertz CT molecular complexity index is 1060. The van der Waals surface area contributed by atoms with Crippen molar-refractivity contribution < 1.29 is 4.79 Å². The highest BCUT2D eigenvalue weighted by atomic mass is 32.1. The van der Waals surface area contributed by atoms with Crippen LogP contribution in [0.15, 0.2) is 79.1 Å². The molecule has 0 atom stereocenters. The van der Waals surface area contributed by atoms with Crippen LogP contribution in [0.4, 0.5) is 5.69 Å². The summed E-state index contributed by atoms with van der Waals surface area (Å²) in [5, 5.41) is 3.90. The zero-order valence-electron chi connectivity index (χ0n) is 14.7. The molecular weight excluding hydrogens is 354 g/mol. The first-order valence-corrected chi connectivity index (χ1v) is 9.37. The Hall–Kier alpha value is -3.31. The second kappa shape index (κ2) is 7.51. The highest BCUT2D eigenvalue weighted by Crippen LogP contribution is 2.33. The molecule has 0 fully saturated rings. The van der Waals surface area contributed by atoms with Crippen molar-refractivity contribution in [3.8, 4) is 21.8 Å². The van der Waals surface area contributed by atoms with Gasteiger partial charge in [-0.3, -0.25) is 9.78 Å². The van der Waals surface area contributed by atoms with E-state index in [0.717, 1.165) is 27.5 Å². The topological polar surface area (TPSA) is 54.9 Å². The van der Waals surface area contributed by atoms with E-state index in [2.05, 4.69) is 29.4 Å². The van der Waals surface area contributed by atoms with Gasteiger partial charge < -0.3 is 5.32 Å². The lowest BCUT2D eigenvalue weighted by molar-refractivity contribution is 0.102. The number of hydrogen-bond donors (Lipinski definition) is 1. The van der Waals surface area contributed by atoms with Crippen LogP contribution in [-0.2, 0) is 0 Å². The standard InChI is InChI=1S/C22H17N3OS/c1-15-20(25-22(27-15)17-6-3-2-4-7-17)16-9-11-19(12-10-16)24-21(26)18-8-5-13-23-14-18/h2-14H,1H3,(H,24,26). The predicted octanol–water partition coefficient (Wildman–Crippen LogP) is 5.43. The molecule has 5 heteroatoms. The van der Waals surface area contributed by atoms with Crippen LogP contribution >= 0.6 is 11.3 Å². The number of hydrogen-bond acceptors (Lipinski definition) is 4. The Morgan fingerprint density at radius 1 is 0.926 bits per heavy atom. The SMILES string of the molecule is Cc1sc(-c2ccccc2)nc1-c1ccc(NC(=O)c2cccnc2)cc1. The number of carbonyl (C=O) groups excluding carboxylic acids is 1. The lowest BCUT2D eigenvalue weighted by Crippen LogP contribution is -2.11. The Morgan fingerprint density at radius 3 is 2.41 bits per heavy atom. The van der Waals surface area contributed by atoms with Crippen molar-refractivity contribution in [3.63, 3.8) is 0 Å². The van der Waals surface area contributed by atoms with Gasteiger partial charge in [-0.25, -0.2) is 4.98 Å². The summed E-state index contributed by atoms with van der Waals surface area (Å²) >= 11 is 1.69. The number of thiazole rings is 1. The molecule has 0 spiro atoms. The summed E-state index contributed by atoms with van der Waals surface area (Å²) in [5.41, 5.74) is 4.40. The van der Waals surface area contributed by atoms with Gasteiger partial charge in [-0.2, -0.15) is 0 Å². The molecule has 1 amide bonds. The molecule has 27 heavy (non-hydrogen) atoms. The van der Waals surface area contributed by atoms with E-state index in [0.29, 0.717) is 5.56 Å². The Morgan fingerprint density at radius 2 is 1.70 bits per heavy atom. The van der Waals surface area contributed by atoms with Gasteiger partial charge in [0.15, 0.2) is 0 Å². The van der Waals surface area contributed by atoms with Crippen LogP contribution in [0.3, 0.4) is 0 Å². The Labute approximate surface area is 161 Å². The van der Waals surface area contributed by atoms with E-state index in [-0.39, 0.29) is 5.91 Å². The van der Waals surface area contributed by atoms with Crippen LogP contribution in [0, 0.1) is 6.92 Å². The van der Waals surface area contributed by atoms with Crippen molar-refractivity contribution >= 4 is 22.9 Å². The Kier molecular flexibility index (Phi) is 4.77. The number of benzene rings is 2. The maximum atomic E-state index is 12.2. The summed E-state index contributed by atoms with van der Waals surface area (Å²) in [6, 6.07) is 21.4. The molecule has 4 nitrogen and oxygen atoms in total. The van der Waals surface area contributed by atoms with Crippen molar-refractivity contribution in [2.75, 3.05) is 5.32 Å². The third-order valence-electron chi connectivity index (χ3n) is 4.16. The summed E-state index contributed by atoms with van der Waals surface area (Å²) in [5.74, 6) is -0.174. The van der Waals surface area contributed by atoms with Gasteiger partial charge >= 0.3 is 0 Å². The molecule has 0 radical (unpaired) electrons. The fourth-order valence-corrected chi connectivity index (χ4v) is 3.72. The van der Waals surface area contributed by atoms with E-state index in [1.165, 1.54) is 4.88 Å². The van der Waals surface area contributed by atoms with Crippen LogP contribution in [-0.4, -0.2) is 15.9 Å². The number of amides is 1. The Balaban J connectivity index is 1.54. The summed E-state index contributed by atoms with van der Waals surface area (Å²) in [4.78, 5) is 22.2. The van der Waals surface area contributed by atoms with Crippen molar-refractivity contribution in [2.24, 2.45) is 0 Å². The molecule has 0 bridgehead atoms. The number of carbonyl (C=O) groups is 1. The first kappa shape index (κ1) is 17.1. The number of rotatable bonds is 4. The van der Waals surface area contributed by atoms with E-state index in [1.807, 2.05) is 42.5 Å².